The van der Waals surface area contributed by atoms with Crippen molar-refractivity contribution >= 4 is 24.0 Å². The number of nitrogens with zero attached hydrogens (tertiary/aromatic N) is 3. The highest BCUT2D eigenvalue weighted by Gasteiger charge is 2.35. The minimum atomic E-state index is -0.694. The molecule has 1 aromatic carbocycles. The number of carbonyl (C=O) groups excluding carboxylic acids is 4. The summed E-state index contributed by atoms with van der Waals surface area (Å²) in [6, 6.07) is 6.14. The van der Waals surface area contributed by atoms with Gasteiger partial charge in [-0.05, 0) is 43.0 Å². The average molecular weight is 542 g/mol. The number of aromatic nitrogens is 2. The van der Waals surface area contributed by atoms with E-state index in [9.17, 15) is 19.2 Å². The molecule has 1 atom stereocenters. The third-order valence-corrected chi connectivity index (χ3v) is 6.32. The van der Waals surface area contributed by atoms with E-state index in [-0.39, 0.29) is 48.1 Å². The number of likely N-dealkylation sites (N-methyl/N-ethyl adjacent to an activating group) is 1. The number of nitrogens with one attached hydrogen (secondary N) is 2. The summed E-state index contributed by atoms with van der Waals surface area (Å²) >= 11 is 0. The molecule has 0 radical (unpaired) electrons. The molecule has 1 aromatic heterocycles. The molecule has 12 nitrogen and oxygen atoms in total. The van der Waals surface area contributed by atoms with E-state index in [0.29, 0.717) is 31.0 Å². The van der Waals surface area contributed by atoms with Gasteiger partial charge in [-0.15, -0.1) is 0 Å². The summed E-state index contributed by atoms with van der Waals surface area (Å²) < 4.78 is 15.9. The van der Waals surface area contributed by atoms with Crippen LogP contribution < -0.4 is 24.8 Å². The van der Waals surface area contributed by atoms with E-state index in [2.05, 4.69) is 20.6 Å². The highest BCUT2D eigenvalue weighted by Crippen LogP contribution is 2.29. The fourth-order valence-corrected chi connectivity index (χ4v) is 4.26. The van der Waals surface area contributed by atoms with Crippen LogP contribution in [0.3, 0.4) is 0 Å². The number of methoxy groups -OCH3 is 2. The molecule has 0 bridgehead atoms. The zero-order valence-electron chi connectivity index (χ0n) is 22.5. The Morgan fingerprint density at radius 1 is 1.10 bits per heavy atom. The maximum absolute atomic E-state index is 12.9. The number of hydrogen-bond donors (Lipinski definition) is 2. The number of benzene rings is 1. The highest BCUT2D eigenvalue weighted by atomic mass is 16.5. The average Bonchev–Trinajstić information content (AvgIpc) is 3.28. The van der Waals surface area contributed by atoms with E-state index in [4.69, 9.17) is 14.2 Å². The summed E-state index contributed by atoms with van der Waals surface area (Å²) in [6.45, 7) is 1.32. The Hall–Kier alpha value is -4.22. The molecule has 0 saturated carbocycles. The van der Waals surface area contributed by atoms with Crippen LogP contribution in [0.25, 0.3) is 0 Å². The number of hydrogen-bond acceptors (Lipinski definition) is 9. The van der Waals surface area contributed by atoms with Crippen LogP contribution in [0.15, 0.2) is 24.3 Å². The van der Waals surface area contributed by atoms with Gasteiger partial charge in [0, 0.05) is 38.2 Å². The van der Waals surface area contributed by atoms with Crippen LogP contribution >= 0.6 is 0 Å². The van der Waals surface area contributed by atoms with Crippen molar-refractivity contribution in [2.45, 2.75) is 51.1 Å². The van der Waals surface area contributed by atoms with Crippen molar-refractivity contribution in [2.24, 2.45) is 0 Å². The predicted octanol–water partition coefficient (Wildman–Crippen LogP) is 1.91. The number of ether oxygens (including phenoxy) is 3. The van der Waals surface area contributed by atoms with E-state index in [1.807, 2.05) is 6.07 Å². The molecule has 0 fully saturated rings. The van der Waals surface area contributed by atoms with Gasteiger partial charge >= 0.3 is 6.01 Å². The molecule has 1 aliphatic heterocycles. The van der Waals surface area contributed by atoms with Crippen LogP contribution in [-0.2, 0) is 16.1 Å². The lowest BCUT2D eigenvalue weighted by atomic mass is 10.1. The number of carbonyl (C=O) groups is 4. The second-order valence-electron chi connectivity index (χ2n) is 8.93. The van der Waals surface area contributed by atoms with Gasteiger partial charge in [0.1, 0.15) is 23.8 Å². The molecule has 2 heterocycles. The highest BCUT2D eigenvalue weighted by molar-refractivity contribution is 6.01. The molecule has 39 heavy (non-hydrogen) atoms. The van der Waals surface area contributed by atoms with Gasteiger partial charge < -0.3 is 34.5 Å². The molecule has 210 valence electrons. The fraction of sp³-hybridized carbons (Fsp3) is 0.481. The van der Waals surface area contributed by atoms with Crippen molar-refractivity contribution in [1.29, 1.82) is 0 Å². The molecule has 1 aliphatic rings. The molecule has 3 rings (SSSR count). The van der Waals surface area contributed by atoms with Gasteiger partial charge in [-0.1, -0.05) is 12.8 Å². The van der Waals surface area contributed by atoms with Gasteiger partial charge in [-0.2, -0.15) is 9.97 Å². The lowest BCUT2D eigenvalue weighted by Crippen LogP contribution is -2.46. The van der Waals surface area contributed by atoms with Crippen LogP contribution in [0.4, 0.5) is 0 Å². The Morgan fingerprint density at radius 3 is 2.62 bits per heavy atom. The van der Waals surface area contributed by atoms with Crippen LogP contribution in [-0.4, -0.2) is 79.3 Å². The summed E-state index contributed by atoms with van der Waals surface area (Å²) in [5.74, 6) is 0.0822. The summed E-state index contributed by atoms with van der Waals surface area (Å²) in [4.78, 5) is 57.8. The number of aldehydes is 1. The first-order valence-electron chi connectivity index (χ1n) is 12.9. The quantitative estimate of drug-likeness (QED) is 0.240. The lowest BCUT2D eigenvalue weighted by molar-refractivity contribution is -0.125. The predicted molar refractivity (Wildman–Crippen MR) is 141 cm³/mol. The molecule has 0 saturated heterocycles. The third kappa shape index (κ3) is 7.88. The summed E-state index contributed by atoms with van der Waals surface area (Å²) in [6.07, 6.45) is 4.70. The minimum absolute atomic E-state index is 0.0643. The van der Waals surface area contributed by atoms with Crippen LogP contribution in [0.5, 0.6) is 17.6 Å². The van der Waals surface area contributed by atoms with Crippen molar-refractivity contribution < 1.29 is 33.4 Å². The standard InChI is InChI=1S/C27H35N5O7/c1-28-25(35)22(9-8-13-33)32-17-18-15-19(10-11-20(18)26(32)36)39-14-7-5-4-6-12-29-24(34)21-16-23(37-2)31-27(30-21)38-3/h10-11,13,15-16,22H,4-9,12,14,17H2,1-3H3,(H,28,35)(H,29,34). The third-order valence-electron chi connectivity index (χ3n) is 6.32. The first-order valence-corrected chi connectivity index (χ1v) is 12.9. The maximum atomic E-state index is 12.9. The van der Waals surface area contributed by atoms with E-state index in [0.717, 1.165) is 37.5 Å². The zero-order chi connectivity index (χ0) is 28.2. The van der Waals surface area contributed by atoms with E-state index in [1.165, 1.54) is 32.2 Å². The van der Waals surface area contributed by atoms with Crippen LogP contribution in [0.1, 0.15) is 64.9 Å². The molecule has 1 unspecified atom stereocenters. The van der Waals surface area contributed by atoms with E-state index >= 15 is 0 Å². The van der Waals surface area contributed by atoms with Crippen LogP contribution in [0, 0.1) is 0 Å². The Labute approximate surface area is 227 Å². The van der Waals surface area contributed by atoms with Gasteiger partial charge in [0.05, 0.1) is 20.8 Å². The Bertz CT molecular complexity index is 1150. The first-order chi connectivity index (χ1) is 18.9. The second-order valence-corrected chi connectivity index (χ2v) is 8.93. The largest absolute Gasteiger partial charge is 0.494 e. The monoisotopic (exact) mass is 541 g/mol. The molecule has 0 spiro atoms. The fourth-order valence-electron chi connectivity index (χ4n) is 4.26. The molecule has 3 amide bonds. The first kappa shape index (κ1) is 29.3. The molecular weight excluding hydrogens is 506 g/mol. The number of amides is 3. The van der Waals surface area contributed by atoms with E-state index < -0.39 is 6.04 Å². The van der Waals surface area contributed by atoms with Gasteiger partial charge in [0.2, 0.25) is 11.8 Å². The summed E-state index contributed by atoms with van der Waals surface area (Å²) in [5.41, 5.74) is 1.52. The second kappa shape index (κ2) is 14.6. The van der Waals surface area contributed by atoms with Crippen LogP contribution in [0.2, 0.25) is 0 Å². The van der Waals surface area contributed by atoms with Gasteiger partial charge in [0.15, 0.2) is 0 Å². The maximum Gasteiger partial charge on any atom is 0.320 e. The minimum Gasteiger partial charge on any atom is -0.494 e. The zero-order valence-corrected chi connectivity index (χ0v) is 22.5. The topological polar surface area (TPSA) is 149 Å². The molecule has 12 heteroatoms. The molecular formula is C27H35N5O7. The lowest BCUT2D eigenvalue weighted by Gasteiger charge is -2.25. The van der Waals surface area contributed by atoms with E-state index in [1.54, 1.807) is 12.1 Å². The number of fused-ring (bicyclic) bond motifs is 1. The number of rotatable bonds is 16. The summed E-state index contributed by atoms with van der Waals surface area (Å²) in [5, 5.41) is 5.41. The van der Waals surface area contributed by atoms with Crippen molar-refractivity contribution in [3.63, 3.8) is 0 Å². The van der Waals surface area contributed by atoms with Crippen molar-refractivity contribution in [1.82, 2.24) is 25.5 Å². The Balaban J connectivity index is 1.38. The SMILES string of the molecule is CNC(=O)C(CCC=O)N1Cc2cc(OCCCCCCNC(=O)c3cc(OC)nc(OC)n3)ccc2C1=O. The molecule has 2 aromatic rings. The number of unbranched alkanes of at least 4 members (excludes halogenated alkanes) is 3. The Kier molecular flexibility index (Phi) is 11.0. The summed E-state index contributed by atoms with van der Waals surface area (Å²) in [7, 11) is 4.39. The van der Waals surface area contributed by atoms with Gasteiger partial charge in [-0.25, -0.2) is 0 Å². The normalized spacial score (nSPS) is 12.9. The van der Waals surface area contributed by atoms with Crippen molar-refractivity contribution in [3.8, 4) is 17.6 Å². The van der Waals surface area contributed by atoms with Crippen molar-refractivity contribution in [3.05, 3.63) is 41.1 Å². The molecule has 0 aliphatic carbocycles. The Morgan fingerprint density at radius 2 is 1.90 bits per heavy atom. The van der Waals surface area contributed by atoms with Gasteiger partial charge in [-0.3, -0.25) is 14.4 Å². The smallest absolute Gasteiger partial charge is 0.320 e. The van der Waals surface area contributed by atoms with Gasteiger partial charge in [0.25, 0.3) is 11.8 Å². The van der Waals surface area contributed by atoms with Crippen molar-refractivity contribution in [2.75, 3.05) is 34.4 Å². The molecule has 2 N–H and O–H groups in total.